The largest absolute Gasteiger partial charge is 0.481 e. The molecule has 2 heterocycles. The summed E-state index contributed by atoms with van der Waals surface area (Å²) >= 11 is 0. The van der Waals surface area contributed by atoms with E-state index < -0.39 is 6.10 Å². The van der Waals surface area contributed by atoms with Gasteiger partial charge in [0.1, 0.15) is 0 Å². The van der Waals surface area contributed by atoms with Crippen LogP contribution in [0, 0.1) is 11.8 Å². The summed E-state index contributed by atoms with van der Waals surface area (Å²) in [6.45, 7) is 1.31. The maximum atomic E-state index is 12.6. The number of carbonyl (C=O) groups is 2. The van der Waals surface area contributed by atoms with Crippen LogP contribution in [0.5, 0.6) is 5.88 Å². The fourth-order valence-electron chi connectivity index (χ4n) is 3.80. The third-order valence-electron chi connectivity index (χ3n) is 5.46. The standard InChI is InChI=1S/C19H27N3O4/c1-26-17-10-14(6-8-20-17)19(25)22-9-7-15(16(23)12-22)11-21-18(24)13-4-2-3-5-13/h6,8,10,13,15-16,23H,2-5,7,9,11-12H2,1H3,(H,21,24)/t15-,16+/m0/s1. The van der Waals surface area contributed by atoms with Crippen LogP contribution in [0.1, 0.15) is 42.5 Å². The number of methoxy groups -OCH3 is 1. The van der Waals surface area contributed by atoms with Crippen molar-refractivity contribution in [1.29, 1.82) is 0 Å². The van der Waals surface area contributed by atoms with Crippen molar-refractivity contribution in [2.75, 3.05) is 26.7 Å². The van der Waals surface area contributed by atoms with Gasteiger partial charge in [-0.2, -0.15) is 0 Å². The Bertz CT molecular complexity index is 645. The number of pyridine rings is 1. The van der Waals surface area contributed by atoms with E-state index in [0.29, 0.717) is 31.0 Å². The number of aromatic nitrogens is 1. The predicted molar refractivity (Wildman–Crippen MR) is 95.8 cm³/mol. The van der Waals surface area contributed by atoms with Crippen LogP contribution in [-0.4, -0.2) is 59.7 Å². The molecule has 3 rings (SSSR count). The lowest BCUT2D eigenvalue weighted by Gasteiger charge is -2.36. The quantitative estimate of drug-likeness (QED) is 0.823. The van der Waals surface area contributed by atoms with Gasteiger partial charge in [-0.3, -0.25) is 9.59 Å². The first-order chi connectivity index (χ1) is 12.6. The van der Waals surface area contributed by atoms with Crippen molar-refractivity contribution in [2.24, 2.45) is 11.8 Å². The summed E-state index contributed by atoms with van der Waals surface area (Å²) in [6, 6.07) is 3.24. The highest BCUT2D eigenvalue weighted by molar-refractivity contribution is 5.94. The van der Waals surface area contributed by atoms with E-state index in [0.717, 1.165) is 25.7 Å². The maximum absolute atomic E-state index is 12.6. The minimum absolute atomic E-state index is 0.0172. The van der Waals surface area contributed by atoms with Crippen LogP contribution in [0.2, 0.25) is 0 Å². The summed E-state index contributed by atoms with van der Waals surface area (Å²) in [5.74, 6) is 0.475. The Balaban J connectivity index is 1.51. The first-order valence-corrected chi connectivity index (χ1v) is 9.33. The van der Waals surface area contributed by atoms with Crippen LogP contribution < -0.4 is 10.1 Å². The molecule has 1 aliphatic heterocycles. The van der Waals surface area contributed by atoms with Crippen molar-refractivity contribution in [1.82, 2.24) is 15.2 Å². The number of amides is 2. The number of hydrogen-bond donors (Lipinski definition) is 2. The van der Waals surface area contributed by atoms with Gasteiger partial charge in [0, 0.05) is 49.3 Å². The Morgan fingerprint density at radius 1 is 1.35 bits per heavy atom. The molecule has 2 aliphatic rings. The van der Waals surface area contributed by atoms with Gasteiger partial charge in [-0.15, -0.1) is 0 Å². The molecule has 1 saturated carbocycles. The van der Waals surface area contributed by atoms with Crippen LogP contribution in [0.4, 0.5) is 0 Å². The van der Waals surface area contributed by atoms with Gasteiger partial charge in [-0.1, -0.05) is 12.8 Å². The fraction of sp³-hybridized carbons (Fsp3) is 0.632. The van der Waals surface area contributed by atoms with Gasteiger partial charge in [0.2, 0.25) is 11.8 Å². The lowest BCUT2D eigenvalue weighted by Crippen LogP contribution is -2.50. The van der Waals surface area contributed by atoms with Gasteiger partial charge in [-0.05, 0) is 25.3 Å². The summed E-state index contributed by atoms with van der Waals surface area (Å²) in [4.78, 5) is 30.4. The summed E-state index contributed by atoms with van der Waals surface area (Å²) in [6.07, 6.45) is 5.75. The number of rotatable bonds is 5. The molecule has 0 unspecified atom stereocenters. The Kier molecular flexibility index (Phi) is 6.08. The van der Waals surface area contributed by atoms with E-state index in [1.54, 1.807) is 17.0 Å². The van der Waals surface area contributed by atoms with E-state index in [4.69, 9.17) is 4.74 Å². The van der Waals surface area contributed by atoms with E-state index in [1.165, 1.54) is 13.3 Å². The molecule has 1 saturated heterocycles. The van der Waals surface area contributed by atoms with Crippen LogP contribution in [0.3, 0.4) is 0 Å². The predicted octanol–water partition coefficient (Wildman–Crippen LogP) is 1.22. The zero-order valence-electron chi connectivity index (χ0n) is 15.2. The third kappa shape index (κ3) is 4.33. The first kappa shape index (κ1) is 18.6. The second-order valence-corrected chi connectivity index (χ2v) is 7.18. The number of nitrogens with zero attached hydrogens (tertiary/aromatic N) is 2. The maximum Gasteiger partial charge on any atom is 0.254 e. The topological polar surface area (TPSA) is 91.8 Å². The molecule has 2 atom stereocenters. The van der Waals surface area contributed by atoms with Crippen LogP contribution >= 0.6 is 0 Å². The van der Waals surface area contributed by atoms with Gasteiger partial charge in [0.15, 0.2) is 0 Å². The summed E-state index contributed by atoms with van der Waals surface area (Å²) in [7, 11) is 1.51. The van der Waals surface area contributed by atoms with Crippen molar-refractivity contribution in [3.05, 3.63) is 23.9 Å². The van der Waals surface area contributed by atoms with Crippen molar-refractivity contribution < 1.29 is 19.4 Å². The summed E-state index contributed by atoms with van der Waals surface area (Å²) < 4.78 is 5.06. The van der Waals surface area contributed by atoms with E-state index >= 15 is 0 Å². The normalized spacial score (nSPS) is 23.7. The monoisotopic (exact) mass is 361 g/mol. The number of nitrogens with one attached hydrogen (secondary N) is 1. The van der Waals surface area contributed by atoms with Crippen molar-refractivity contribution in [3.63, 3.8) is 0 Å². The highest BCUT2D eigenvalue weighted by Crippen LogP contribution is 2.25. The molecule has 1 aliphatic carbocycles. The van der Waals surface area contributed by atoms with Crippen molar-refractivity contribution >= 4 is 11.8 Å². The SMILES string of the molecule is COc1cc(C(=O)N2CC[C@@H](CNC(=O)C3CCCC3)[C@H](O)C2)ccn1. The van der Waals surface area contributed by atoms with E-state index in [-0.39, 0.29) is 30.2 Å². The number of aliphatic hydroxyl groups is 1. The minimum Gasteiger partial charge on any atom is -0.481 e. The fourth-order valence-corrected chi connectivity index (χ4v) is 3.80. The lowest BCUT2D eigenvalue weighted by molar-refractivity contribution is -0.125. The molecule has 142 valence electrons. The average molecular weight is 361 g/mol. The molecule has 2 N–H and O–H groups in total. The first-order valence-electron chi connectivity index (χ1n) is 9.33. The summed E-state index contributed by atoms with van der Waals surface area (Å²) in [5.41, 5.74) is 0.497. The highest BCUT2D eigenvalue weighted by atomic mass is 16.5. The molecule has 0 bridgehead atoms. The third-order valence-corrected chi connectivity index (χ3v) is 5.46. The van der Waals surface area contributed by atoms with E-state index in [2.05, 4.69) is 10.3 Å². The van der Waals surface area contributed by atoms with Gasteiger partial charge < -0.3 is 20.1 Å². The number of likely N-dealkylation sites (tertiary alicyclic amines) is 1. The lowest BCUT2D eigenvalue weighted by atomic mass is 9.93. The van der Waals surface area contributed by atoms with E-state index in [1.807, 2.05) is 0 Å². The van der Waals surface area contributed by atoms with Gasteiger partial charge in [0.05, 0.1) is 13.2 Å². The molecule has 0 radical (unpaired) electrons. The molecule has 7 nitrogen and oxygen atoms in total. The number of piperidine rings is 1. The van der Waals surface area contributed by atoms with Crippen LogP contribution in [0.15, 0.2) is 18.3 Å². The molecular formula is C19H27N3O4. The van der Waals surface area contributed by atoms with Gasteiger partial charge >= 0.3 is 0 Å². The van der Waals surface area contributed by atoms with Gasteiger partial charge in [-0.25, -0.2) is 4.98 Å². The molecule has 0 aromatic carbocycles. The zero-order chi connectivity index (χ0) is 18.5. The number of hydrogen-bond acceptors (Lipinski definition) is 5. The zero-order valence-corrected chi connectivity index (χ0v) is 15.2. The summed E-state index contributed by atoms with van der Waals surface area (Å²) in [5, 5.41) is 13.4. The molecule has 7 heteroatoms. The molecule has 0 spiro atoms. The van der Waals surface area contributed by atoms with Gasteiger partial charge in [0.25, 0.3) is 5.91 Å². The minimum atomic E-state index is -0.639. The molecule has 26 heavy (non-hydrogen) atoms. The molecule has 2 fully saturated rings. The molecule has 1 aromatic heterocycles. The second kappa shape index (κ2) is 8.49. The van der Waals surface area contributed by atoms with Crippen molar-refractivity contribution in [2.45, 2.75) is 38.2 Å². The molecular weight excluding hydrogens is 334 g/mol. The van der Waals surface area contributed by atoms with Crippen molar-refractivity contribution in [3.8, 4) is 5.88 Å². The smallest absolute Gasteiger partial charge is 0.254 e. The number of carbonyl (C=O) groups excluding carboxylic acids is 2. The Hall–Kier alpha value is -2.15. The van der Waals surface area contributed by atoms with Crippen LogP contribution in [-0.2, 0) is 4.79 Å². The van der Waals surface area contributed by atoms with Crippen LogP contribution in [0.25, 0.3) is 0 Å². The Labute approximate surface area is 153 Å². The average Bonchev–Trinajstić information content (AvgIpc) is 3.21. The molecule has 2 amide bonds. The Morgan fingerprint density at radius 3 is 2.81 bits per heavy atom. The second-order valence-electron chi connectivity index (χ2n) is 7.18. The number of β-amino-alcohol motifs (C(OH)–C–C–N with tert-alkyl or cyclic N) is 1. The highest BCUT2D eigenvalue weighted by Gasteiger charge is 2.31. The number of aliphatic hydroxyl groups excluding tert-OH is 1. The Morgan fingerprint density at radius 2 is 2.12 bits per heavy atom. The molecule has 1 aromatic rings. The number of ether oxygens (including phenoxy) is 1. The van der Waals surface area contributed by atoms with E-state index in [9.17, 15) is 14.7 Å².